The molecule has 28 heavy (non-hydrogen) atoms. The SMILES string of the molecule is COc1cccc(CN2CCN(C(=O)/C=C/c3cccc(Cl)c3)CCC2=O)c1. The van der Waals surface area contributed by atoms with Crippen LogP contribution in [0.3, 0.4) is 0 Å². The first-order chi connectivity index (χ1) is 13.5. The van der Waals surface area contributed by atoms with E-state index in [1.807, 2.05) is 36.4 Å². The Bertz CT molecular complexity index is 882. The Balaban J connectivity index is 1.61. The van der Waals surface area contributed by atoms with E-state index in [2.05, 4.69) is 0 Å². The summed E-state index contributed by atoms with van der Waals surface area (Å²) in [6.07, 6.45) is 3.60. The highest BCUT2D eigenvalue weighted by Gasteiger charge is 2.23. The van der Waals surface area contributed by atoms with E-state index in [9.17, 15) is 9.59 Å². The summed E-state index contributed by atoms with van der Waals surface area (Å²) in [5.74, 6) is 0.718. The maximum Gasteiger partial charge on any atom is 0.246 e. The van der Waals surface area contributed by atoms with Crippen LogP contribution in [-0.2, 0) is 16.1 Å². The lowest BCUT2D eigenvalue weighted by molar-refractivity contribution is -0.130. The summed E-state index contributed by atoms with van der Waals surface area (Å²) in [6, 6.07) is 15.0. The highest BCUT2D eigenvalue weighted by atomic mass is 35.5. The van der Waals surface area contributed by atoms with E-state index >= 15 is 0 Å². The first-order valence-corrected chi connectivity index (χ1v) is 9.56. The zero-order valence-electron chi connectivity index (χ0n) is 15.8. The van der Waals surface area contributed by atoms with Crippen LogP contribution < -0.4 is 4.74 Å². The highest BCUT2D eigenvalue weighted by Crippen LogP contribution is 2.16. The molecule has 5 nitrogen and oxygen atoms in total. The second kappa shape index (κ2) is 9.42. The number of nitrogens with zero attached hydrogens (tertiary/aromatic N) is 2. The maximum absolute atomic E-state index is 12.5. The van der Waals surface area contributed by atoms with Gasteiger partial charge in [0.05, 0.1) is 7.11 Å². The fourth-order valence-electron chi connectivity index (χ4n) is 3.13. The van der Waals surface area contributed by atoms with Crippen molar-refractivity contribution in [2.45, 2.75) is 13.0 Å². The minimum absolute atomic E-state index is 0.0527. The van der Waals surface area contributed by atoms with Gasteiger partial charge in [-0.15, -0.1) is 0 Å². The Morgan fingerprint density at radius 3 is 2.75 bits per heavy atom. The summed E-state index contributed by atoms with van der Waals surface area (Å²) in [4.78, 5) is 28.5. The van der Waals surface area contributed by atoms with Crippen molar-refractivity contribution in [3.8, 4) is 5.75 Å². The number of halogens is 1. The smallest absolute Gasteiger partial charge is 0.246 e. The molecule has 0 unspecified atom stereocenters. The second-order valence-electron chi connectivity index (χ2n) is 6.63. The van der Waals surface area contributed by atoms with Crippen LogP contribution in [-0.4, -0.2) is 48.4 Å². The first kappa shape index (κ1) is 20.0. The Morgan fingerprint density at radius 2 is 1.96 bits per heavy atom. The average molecular weight is 399 g/mol. The van der Waals surface area contributed by atoms with E-state index in [0.29, 0.717) is 37.6 Å². The second-order valence-corrected chi connectivity index (χ2v) is 7.07. The van der Waals surface area contributed by atoms with E-state index in [-0.39, 0.29) is 11.8 Å². The number of benzene rings is 2. The van der Waals surface area contributed by atoms with Crippen LogP contribution in [0.25, 0.3) is 6.08 Å². The monoisotopic (exact) mass is 398 g/mol. The lowest BCUT2D eigenvalue weighted by atomic mass is 10.2. The molecule has 0 atom stereocenters. The van der Waals surface area contributed by atoms with E-state index in [0.717, 1.165) is 16.9 Å². The molecule has 0 radical (unpaired) electrons. The zero-order chi connectivity index (χ0) is 19.9. The molecule has 2 amide bonds. The predicted molar refractivity (Wildman–Crippen MR) is 110 cm³/mol. The quantitative estimate of drug-likeness (QED) is 0.723. The van der Waals surface area contributed by atoms with Crippen molar-refractivity contribution in [2.24, 2.45) is 0 Å². The predicted octanol–water partition coefficient (Wildman–Crippen LogP) is 3.62. The first-order valence-electron chi connectivity index (χ1n) is 9.18. The van der Waals surface area contributed by atoms with Crippen molar-refractivity contribution in [2.75, 3.05) is 26.7 Å². The third kappa shape index (κ3) is 5.36. The number of amides is 2. The molecular formula is C22H23ClN2O3. The molecule has 0 bridgehead atoms. The van der Waals surface area contributed by atoms with E-state index in [1.54, 1.807) is 35.1 Å². The van der Waals surface area contributed by atoms with Gasteiger partial charge in [-0.3, -0.25) is 9.59 Å². The number of hydrogen-bond acceptors (Lipinski definition) is 3. The largest absolute Gasteiger partial charge is 0.497 e. The van der Waals surface area contributed by atoms with Gasteiger partial charge >= 0.3 is 0 Å². The number of carbonyl (C=O) groups excluding carboxylic acids is 2. The van der Waals surface area contributed by atoms with Gasteiger partial charge < -0.3 is 14.5 Å². The van der Waals surface area contributed by atoms with Crippen LogP contribution in [0.15, 0.2) is 54.6 Å². The van der Waals surface area contributed by atoms with E-state index < -0.39 is 0 Å². The van der Waals surface area contributed by atoms with E-state index in [1.165, 1.54) is 6.08 Å². The van der Waals surface area contributed by atoms with Crippen molar-refractivity contribution in [3.05, 3.63) is 70.8 Å². The summed E-state index contributed by atoms with van der Waals surface area (Å²) in [6.45, 7) is 1.95. The molecule has 0 saturated carbocycles. The fraction of sp³-hybridized carbons (Fsp3) is 0.273. The van der Waals surface area contributed by atoms with Crippen molar-refractivity contribution >= 4 is 29.5 Å². The number of hydrogen-bond donors (Lipinski definition) is 0. The van der Waals surface area contributed by atoms with Gasteiger partial charge in [-0.1, -0.05) is 35.9 Å². The average Bonchev–Trinajstić information content (AvgIpc) is 2.88. The number of carbonyl (C=O) groups is 2. The van der Waals surface area contributed by atoms with Crippen molar-refractivity contribution in [3.63, 3.8) is 0 Å². The highest BCUT2D eigenvalue weighted by molar-refractivity contribution is 6.30. The van der Waals surface area contributed by atoms with Gasteiger partial charge in [0, 0.05) is 43.7 Å². The number of rotatable bonds is 5. The summed E-state index contributed by atoms with van der Waals surface area (Å²) in [5, 5.41) is 0.628. The molecule has 3 rings (SSSR count). The lowest BCUT2D eigenvalue weighted by Gasteiger charge is -2.22. The third-order valence-corrected chi connectivity index (χ3v) is 4.91. The molecule has 0 aromatic heterocycles. The van der Waals surface area contributed by atoms with Crippen LogP contribution >= 0.6 is 11.6 Å². The summed E-state index contributed by atoms with van der Waals surface area (Å²) in [5.41, 5.74) is 1.87. The van der Waals surface area contributed by atoms with Crippen LogP contribution in [0, 0.1) is 0 Å². The number of methoxy groups -OCH3 is 1. The molecule has 0 spiro atoms. The Labute approximate surface area is 170 Å². The van der Waals surface area contributed by atoms with E-state index in [4.69, 9.17) is 16.3 Å². The van der Waals surface area contributed by atoms with Crippen LogP contribution in [0.5, 0.6) is 5.75 Å². The van der Waals surface area contributed by atoms with Gasteiger partial charge in [0.1, 0.15) is 5.75 Å². The summed E-state index contributed by atoms with van der Waals surface area (Å²) < 4.78 is 5.24. The van der Waals surface area contributed by atoms with Gasteiger partial charge in [0.25, 0.3) is 0 Å². The molecule has 2 aromatic rings. The van der Waals surface area contributed by atoms with Gasteiger partial charge in [-0.25, -0.2) is 0 Å². The lowest BCUT2D eigenvalue weighted by Crippen LogP contribution is -2.34. The normalized spacial score (nSPS) is 15.0. The molecule has 1 saturated heterocycles. The molecule has 0 aliphatic carbocycles. The maximum atomic E-state index is 12.5. The fourth-order valence-corrected chi connectivity index (χ4v) is 3.33. The van der Waals surface area contributed by atoms with Gasteiger partial charge in [-0.05, 0) is 41.5 Å². The topological polar surface area (TPSA) is 49.9 Å². The molecule has 1 fully saturated rings. The third-order valence-electron chi connectivity index (χ3n) is 4.67. The standard InChI is InChI=1S/C22H23ClN2O3/c1-28-20-7-3-5-18(15-20)16-25-13-12-24(11-10-22(25)27)21(26)9-8-17-4-2-6-19(23)14-17/h2-9,14-15H,10-13,16H2,1H3/b9-8+. The molecular weight excluding hydrogens is 376 g/mol. The molecule has 6 heteroatoms. The number of ether oxygens (including phenoxy) is 1. The van der Waals surface area contributed by atoms with Gasteiger partial charge in [0.2, 0.25) is 11.8 Å². The van der Waals surface area contributed by atoms with Crippen LogP contribution in [0.1, 0.15) is 17.5 Å². The Hall–Kier alpha value is -2.79. The van der Waals surface area contributed by atoms with Crippen molar-refractivity contribution < 1.29 is 14.3 Å². The van der Waals surface area contributed by atoms with Crippen LogP contribution in [0.4, 0.5) is 0 Å². The molecule has 2 aromatic carbocycles. The minimum Gasteiger partial charge on any atom is -0.497 e. The Kier molecular flexibility index (Phi) is 6.71. The van der Waals surface area contributed by atoms with Crippen molar-refractivity contribution in [1.29, 1.82) is 0 Å². The van der Waals surface area contributed by atoms with Crippen molar-refractivity contribution in [1.82, 2.24) is 9.80 Å². The summed E-state index contributed by atoms with van der Waals surface area (Å²) in [7, 11) is 1.62. The van der Waals surface area contributed by atoms with Gasteiger partial charge in [0.15, 0.2) is 0 Å². The molecule has 0 N–H and O–H groups in total. The minimum atomic E-state index is -0.101. The molecule has 1 aliphatic heterocycles. The molecule has 146 valence electrons. The summed E-state index contributed by atoms with van der Waals surface area (Å²) >= 11 is 5.97. The van der Waals surface area contributed by atoms with Crippen LogP contribution in [0.2, 0.25) is 5.02 Å². The molecule has 1 aliphatic rings. The Morgan fingerprint density at radius 1 is 1.14 bits per heavy atom. The van der Waals surface area contributed by atoms with Gasteiger partial charge in [-0.2, -0.15) is 0 Å². The molecule has 1 heterocycles. The zero-order valence-corrected chi connectivity index (χ0v) is 16.6.